The summed E-state index contributed by atoms with van der Waals surface area (Å²) in [5.74, 6) is 0. The Hall–Kier alpha value is -3.78. The minimum atomic E-state index is -0.826. The summed E-state index contributed by atoms with van der Waals surface area (Å²) in [5.41, 5.74) is 19.2. The summed E-state index contributed by atoms with van der Waals surface area (Å²) in [6.07, 6.45) is 0. The fourth-order valence-corrected chi connectivity index (χ4v) is 8.49. The van der Waals surface area contributed by atoms with Gasteiger partial charge in [-0.25, -0.2) is 0 Å². The van der Waals surface area contributed by atoms with Crippen molar-refractivity contribution in [3.8, 4) is 44.5 Å². The molecule has 0 bridgehead atoms. The molecule has 0 heterocycles. The number of hydrogen-bond acceptors (Lipinski definition) is 0. The maximum atomic E-state index is 4.93. The molecule has 0 saturated carbocycles. The van der Waals surface area contributed by atoms with E-state index in [1.807, 2.05) is 0 Å². The molecule has 0 aliphatic heterocycles. The Balaban J connectivity index is 0.000000221. The van der Waals surface area contributed by atoms with Crippen molar-refractivity contribution in [3.05, 3.63) is 179 Å². The van der Waals surface area contributed by atoms with Crippen LogP contribution in [0.2, 0.25) is 13.1 Å². The van der Waals surface area contributed by atoms with Gasteiger partial charge in [-0.05, 0) is 55.0 Å². The molecule has 8 aromatic carbocycles. The van der Waals surface area contributed by atoms with Crippen LogP contribution in [0.3, 0.4) is 0 Å². The monoisotopic (exact) mass is 1000 g/mol. The normalized spacial score (nSPS) is 11.8. The summed E-state index contributed by atoms with van der Waals surface area (Å²) in [6.45, 7) is 35.9. The number of halogens is 2. The molecular formula is C62H72Cl2SiZr. The van der Waals surface area contributed by atoms with Crippen molar-refractivity contribution in [1.82, 2.24) is 0 Å². The average molecular weight is 1010 g/mol. The second-order valence-corrected chi connectivity index (χ2v) is 26.7. The van der Waals surface area contributed by atoms with Crippen LogP contribution in [0.4, 0.5) is 0 Å². The average Bonchev–Trinajstić information content (AvgIpc) is 3.85. The Morgan fingerprint density at radius 3 is 0.773 bits per heavy atom. The molecule has 0 atom stereocenters. The molecule has 8 rings (SSSR count). The van der Waals surface area contributed by atoms with Gasteiger partial charge in [0.05, 0.1) is 0 Å². The van der Waals surface area contributed by atoms with Crippen LogP contribution in [0.25, 0.3) is 66.1 Å². The first kappa shape index (κ1) is 53.2. The molecule has 4 heteroatoms. The second-order valence-electron chi connectivity index (χ2n) is 21.9. The molecule has 342 valence electrons. The van der Waals surface area contributed by atoms with Crippen LogP contribution in [0.5, 0.6) is 0 Å². The SMILES string of the molecule is C[Si]C.Cc1cc2c(-c3ccc(C(C)(C)C)cc3)ccc(-c3ccc(C(C)(C)C)cc3)c2[cH-]1.Cc1cc2c(-c3ccc(C(C)(C)C)cc3)ccc(-c3ccc(C(C)(C)C)cc3)c2[cH-]1.[Cl][Zr+2][Cl]. The summed E-state index contributed by atoms with van der Waals surface area (Å²) in [7, 11) is 11.0. The van der Waals surface area contributed by atoms with E-state index in [4.69, 9.17) is 17.0 Å². The van der Waals surface area contributed by atoms with Crippen LogP contribution in [0, 0.1) is 13.8 Å². The van der Waals surface area contributed by atoms with Crippen LogP contribution >= 0.6 is 17.0 Å². The molecule has 2 radical (unpaired) electrons. The van der Waals surface area contributed by atoms with E-state index < -0.39 is 20.8 Å². The third-order valence-corrected chi connectivity index (χ3v) is 12.3. The van der Waals surface area contributed by atoms with E-state index in [0.717, 1.165) is 9.52 Å². The van der Waals surface area contributed by atoms with E-state index in [1.165, 1.54) is 99.4 Å². The minimum absolute atomic E-state index is 0.174. The van der Waals surface area contributed by atoms with Crippen molar-refractivity contribution in [3.63, 3.8) is 0 Å². The van der Waals surface area contributed by atoms with Gasteiger partial charge in [-0.15, -0.1) is 44.8 Å². The zero-order valence-corrected chi connectivity index (χ0v) is 47.6. The summed E-state index contributed by atoms with van der Waals surface area (Å²) in [6, 6.07) is 54.9. The Morgan fingerprint density at radius 1 is 0.364 bits per heavy atom. The number of benzene rings is 6. The van der Waals surface area contributed by atoms with Crippen LogP contribution in [-0.4, -0.2) is 9.52 Å². The molecule has 0 spiro atoms. The van der Waals surface area contributed by atoms with Crippen LogP contribution in [0.15, 0.2) is 146 Å². The van der Waals surface area contributed by atoms with Gasteiger partial charge in [-0.3, -0.25) is 0 Å². The van der Waals surface area contributed by atoms with Gasteiger partial charge >= 0.3 is 37.9 Å². The summed E-state index contributed by atoms with van der Waals surface area (Å²) < 4.78 is 0. The van der Waals surface area contributed by atoms with Gasteiger partial charge in [0.15, 0.2) is 0 Å². The van der Waals surface area contributed by atoms with Gasteiger partial charge in [0, 0.05) is 9.52 Å². The number of rotatable bonds is 4. The molecule has 0 nitrogen and oxygen atoms in total. The van der Waals surface area contributed by atoms with Gasteiger partial charge in [-0.1, -0.05) is 265 Å². The van der Waals surface area contributed by atoms with Crippen molar-refractivity contribution in [2.24, 2.45) is 0 Å². The zero-order valence-electron chi connectivity index (χ0n) is 42.6. The third kappa shape index (κ3) is 13.3. The predicted molar refractivity (Wildman–Crippen MR) is 294 cm³/mol. The van der Waals surface area contributed by atoms with Crippen LogP contribution < -0.4 is 0 Å². The summed E-state index contributed by atoms with van der Waals surface area (Å²) >= 11 is -0.826. The Labute approximate surface area is 420 Å². The van der Waals surface area contributed by atoms with E-state index in [1.54, 1.807) is 0 Å². The van der Waals surface area contributed by atoms with E-state index >= 15 is 0 Å². The fraction of sp³-hybridized carbons (Fsp3) is 0.323. The van der Waals surface area contributed by atoms with Crippen molar-refractivity contribution < 1.29 is 20.8 Å². The fourth-order valence-electron chi connectivity index (χ4n) is 8.49. The Morgan fingerprint density at radius 2 is 0.561 bits per heavy atom. The zero-order chi connectivity index (χ0) is 48.8. The number of aryl methyl sites for hydroxylation is 2. The van der Waals surface area contributed by atoms with Crippen molar-refractivity contribution in [1.29, 1.82) is 0 Å². The quantitative estimate of drug-likeness (QED) is 0.122. The standard InChI is InChI=1S/2C30H33.C2H6Si.2ClH.Zr/c2*1-20-18-27-25(21-8-12-23(13-9-21)29(2,3)4)16-17-26(28(27)19-20)22-10-14-24(15-11-22)30(5,6)7;1-3-2;;;/h2*8-19H,1-7H3;1-2H3;2*1H;/q2*-1;;;;+4/p-2. The first-order valence-corrected chi connectivity index (χ1v) is 31.6. The predicted octanol–water partition coefficient (Wildman–Crippen LogP) is 19.8. The molecular weight excluding hydrogens is 935 g/mol. The first-order chi connectivity index (χ1) is 30.9. The molecule has 0 saturated heterocycles. The van der Waals surface area contributed by atoms with Crippen molar-refractivity contribution in [2.45, 2.75) is 132 Å². The molecule has 0 unspecified atom stereocenters. The molecule has 66 heavy (non-hydrogen) atoms. The van der Waals surface area contributed by atoms with E-state index in [-0.39, 0.29) is 21.7 Å². The Kier molecular flexibility index (Phi) is 17.8. The van der Waals surface area contributed by atoms with E-state index in [2.05, 4.69) is 256 Å². The number of hydrogen-bond donors (Lipinski definition) is 0. The molecule has 0 aliphatic rings. The van der Waals surface area contributed by atoms with E-state index in [9.17, 15) is 0 Å². The molecule has 0 amide bonds. The van der Waals surface area contributed by atoms with Gasteiger partial charge in [-0.2, -0.15) is 12.1 Å². The van der Waals surface area contributed by atoms with E-state index in [0.29, 0.717) is 0 Å². The second kappa shape index (κ2) is 22.1. The van der Waals surface area contributed by atoms with Gasteiger partial charge in [0.2, 0.25) is 0 Å². The van der Waals surface area contributed by atoms with Crippen molar-refractivity contribution >= 4 is 48.1 Å². The molecule has 0 aromatic heterocycles. The van der Waals surface area contributed by atoms with Crippen molar-refractivity contribution in [2.75, 3.05) is 0 Å². The maximum absolute atomic E-state index is 4.93. The summed E-state index contributed by atoms with van der Waals surface area (Å²) in [4.78, 5) is 0. The molecule has 0 aliphatic carbocycles. The molecule has 0 fully saturated rings. The number of fused-ring (bicyclic) bond motifs is 2. The Bertz CT molecular complexity index is 2400. The van der Waals surface area contributed by atoms with Gasteiger partial charge in [0.1, 0.15) is 0 Å². The van der Waals surface area contributed by atoms with Crippen LogP contribution in [-0.2, 0) is 42.5 Å². The topological polar surface area (TPSA) is 0 Å². The molecule has 0 N–H and O–H groups in total. The van der Waals surface area contributed by atoms with Gasteiger partial charge in [0.25, 0.3) is 0 Å². The van der Waals surface area contributed by atoms with Gasteiger partial charge < -0.3 is 0 Å². The third-order valence-electron chi connectivity index (χ3n) is 12.3. The summed E-state index contributed by atoms with van der Waals surface area (Å²) in [5, 5.41) is 5.36. The molecule has 8 aromatic rings. The first-order valence-electron chi connectivity index (χ1n) is 23.3. The van der Waals surface area contributed by atoms with Crippen LogP contribution in [0.1, 0.15) is 116 Å².